The van der Waals surface area contributed by atoms with Crippen molar-refractivity contribution < 1.29 is 17.6 Å². The van der Waals surface area contributed by atoms with Crippen LogP contribution < -0.4 is 0 Å². The van der Waals surface area contributed by atoms with Crippen molar-refractivity contribution in [3.63, 3.8) is 0 Å². The van der Waals surface area contributed by atoms with E-state index >= 15 is 0 Å². The molecule has 1 aliphatic rings. The monoisotopic (exact) mass is 363 g/mol. The summed E-state index contributed by atoms with van der Waals surface area (Å²) in [4.78, 5) is 13.9. The Kier molecular flexibility index (Phi) is 4.49. The number of hydrogen-bond acceptors (Lipinski definition) is 3. The molecule has 4 nitrogen and oxygen atoms in total. The molecule has 1 aliphatic heterocycles. The molecule has 20 heavy (non-hydrogen) atoms. The predicted octanol–water partition coefficient (Wildman–Crippen LogP) is 2.24. The van der Waals surface area contributed by atoms with E-state index in [9.17, 15) is 17.6 Å². The topological polar surface area (TPSA) is 54.5 Å². The minimum Gasteiger partial charge on any atom is -0.335 e. The second-order valence-electron chi connectivity index (χ2n) is 4.75. The number of sulfone groups is 1. The Labute approximate surface area is 126 Å². The van der Waals surface area contributed by atoms with Crippen molar-refractivity contribution in [3.8, 4) is 0 Å². The number of carbonyl (C=O) groups excluding carboxylic acids is 1. The lowest BCUT2D eigenvalue weighted by Gasteiger charge is -2.27. The van der Waals surface area contributed by atoms with Crippen molar-refractivity contribution in [2.45, 2.75) is 19.4 Å². The predicted molar refractivity (Wildman–Crippen MR) is 77.9 cm³/mol. The Morgan fingerprint density at radius 2 is 2.20 bits per heavy atom. The lowest BCUT2D eigenvalue weighted by molar-refractivity contribution is 0.0703. The summed E-state index contributed by atoms with van der Waals surface area (Å²) in [7, 11) is -3.08. The van der Waals surface area contributed by atoms with Gasteiger partial charge in [-0.25, -0.2) is 12.8 Å². The zero-order chi connectivity index (χ0) is 14.9. The number of halogens is 2. The fourth-order valence-corrected chi connectivity index (χ4v) is 4.51. The Hall–Kier alpha value is -0.950. The molecule has 1 aromatic carbocycles. The Bertz CT molecular complexity index is 633. The van der Waals surface area contributed by atoms with Crippen LogP contribution in [0.1, 0.15) is 23.7 Å². The first-order valence-electron chi connectivity index (χ1n) is 6.31. The first kappa shape index (κ1) is 15.4. The van der Waals surface area contributed by atoms with Gasteiger partial charge in [-0.3, -0.25) is 4.79 Å². The van der Waals surface area contributed by atoms with E-state index < -0.39 is 21.6 Å². The third-order valence-electron chi connectivity index (χ3n) is 3.43. The molecular formula is C13H15BrFNO3S. The molecule has 0 bridgehead atoms. The number of rotatable bonds is 3. The van der Waals surface area contributed by atoms with Gasteiger partial charge in [-0.2, -0.15) is 0 Å². The van der Waals surface area contributed by atoms with E-state index in [2.05, 4.69) is 15.9 Å². The molecule has 0 saturated carbocycles. The van der Waals surface area contributed by atoms with Crippen molar-refractivity contribution in [1.29, 1.82) is 0 Å². The maximum Gasteiger partial charge on any atom is 0.257 e. The Balaban J connectivity index is 2.28. The molecule has 1 unspecified atom stereocenters. The zero-order valence-electron chi connectivity index (χ0n) is 11.0. The van der Waals surface area contributed by atoms with Crippen LogP contribution in [-0.4, -0.2) is 43.3 Å². The Morgan fingerprint density at radius 1 is 1.50 bits per heavy atom. The average Bonchev–Trinajstić information content (AvgIpc) is 2.74. The molecule has 1 amide bonds. The van der Waals surface area contributed by atoms with Crippen molar-refractivity contribution in [3.05, 3.63) is 34.1 Å². The lowest BCUT2D eigenvalue weighted by Crippen LogP contribution is -2.41. The summed E-state index contributed by atoms with van der Waals surface area (Å²) in [6, 6.07) is 4.15. The molecular weight excluding hydrogens is 349 g/mol. The molecule has 0 radical (unpaired) electrons. The SMILES string of the molecule is CCN(C(=O)c1cccc(Br)c1F)C1CCS(=O)(=O)C1. The average molecular weight is 364 g/mol. The summed E-state index contributed by atoms with van der Waals surface area (Å²) < 4.78 is 37.2. The Morgan fingerprint density at radius 3 is 2.75 bits per heavy atom. The number of nitrogens with zero attached hydrogens (tertiary/aromatic N) is 1. The van der Waals surface area contributed by atoms with Crippen LogP contribution in [0.4, 0.5) is 4.39 Å². The van der Waals surface area contributed by atoms with Crippen LogP contribution in [0.5, 0.6) is 0 Å². The lowest BCUT2D eigenvalue weighted by atomic mass is 10.1. The maximum atomic E-state index is 14.0. The molecule has 1 fully saturated rings. The van der Waals surface area contributed by atoms with E-state index in [0.717, 1.165) is 0 Å². The van der Waals surface area contributed by atoms with Crippen molar-refractivity contribution in [2.75, 3.05) is 18.1 Å². The number of amides is 1. The molecule has 110 valence electrons. The molecule has 1 atom stereocenters. The fraction of sp³-hybridized carbons (Fsp3) is 0.462. The van der Waals surface area contributed by atoms with Crippen molar-refractivity contribution in [2.24, 2.45) is 0 Å². The van der Waals surface area contributed by atoms with E-state index in [-0.39, 0.29) is 27.6 Å². The summed E-state index contributed by atoms with van der Waals surface area (Å²) in [5.41, 5.74) is -0.0366. The second-order valence-corrected chi connectivity index (χ2v) is 7.83. The highest BCUT2D eigenvalue weighted by Gasteiger charge is 2.34. The molecule has 0 spiro atoms. The van der Waals surface area contributed by atoms with Gasteiger partial charge in [0.25, 0.3) is 5.91 Å². The molecule has 1 heterocycles. The highest BCUT2D eigenvalue weighted by atomic mass is 79.9. The molecule has 7 heteroatoms. The van der Waals surface area contributed by atoms with Gasteiger partial charge >= 0.3 is 0 Å². The van der Waals surface area contributed by atoms with E-state index in [1.165, 1.54) is 17.0 Å². The highest BCUT2D eigenvalue weighted by molar-refractivity contribution is 9.10. The van der Waals surface area contributed by atoms with E-state index in [0.29, 0.717) is 13.0 Å². The van der Waals surface area contributed by atoms with Crippen LogP contribution in [0.25, 0.3) is 0 Å². The van der Waals surface area contributed by atoms with Crippen LogP contribution >= 0.6 is 15.9 Å². The normalized spacial score (nSPS) is 20.9. The number of benzene rings is 1. The van der Waals surface area contributed by atoms with Crippen LogP contribution in [0.2, 0.25) is 0 Å². The number of hydrogen-bond donors (Lipinski definition) is 0. The van der Waals surface area contributed by atoms with E-state index in [1.807, 2.05) is 0 Å². The first-order chi connectivity index (χ1) is 9.35. The summed E-state index contributed by atoms with van der Waals surface area (Å²) in [6.45, 7) is 2.11. The minimum atomic E-state index is -3.08. The molecule has 2 rings (SSSR count). The second kappa shape index (κ2) is 5.81. The largest absolute Gasteiger partial charge is 0.335 e. The van der Waals surface area contributed by atoms with Crippen LogP contribution in [0, 0.1) is 5.82 Å². The first-order valence-corrected chi connectivity index (χ1v) is 8.92. The van der Waals surface area contributed by atoms with Gasteiger partial charge < -0.3 is 4.90 Å². The third-order valence-corrected chi connectivity index (χ3v) is 5.80. The van der Waals surface area contributed by atoms with Gasteiger partial charge in [0, 0.05) is 12.6 Å². The maximum absolute atomic E-state index is 14.0. The fourth-order valence-electron chi connectivity index (χ4n) is 2.41. The number of carbonyl (C=O) groups is 1. The smallest absolute Gasteiger partial charge is 0.257 e. The molecule has 0 N–H and O–H groups in total. The third kappa shape index (κ3) is 3.03. The van der Waals surface area contributed by atoms with Gasteiger partial charge in [-0.1, -0.05) is 6.07 Å². The standard InChI is InChI=1S/C13H15BrFNO3S/c1-2-16(9-6-7-20(18,19)8-9)13(17)10-4-3-5-11(14)12(10)15/h3-5,9H,2,6-8H2,1H3. The summed E-state index contributed by atoms with van der Waals surface area (Å²) >= 11 is 3.05. The van der Waals surface area contributed by atoms with Gasteiger partial charge in [0.2, 0.25) is 0 Å². The molecule has 0 aliphatic carbocycles. The summed E-state index contributed by atoms with van der Waals surface area (Å²) in [5, 5.41) is 0. The van der Waals surface area contributed by atoms with Gasteiger partial charge in [0.1, 0.15) is 5.82 Å². The molecule has 0 aromatic heterocycles. The van der Waals surface area contributed by atoms with E-state index in [4.69, 9.17) is 0 Å². The van der Waals surface area contributed by atoms with Crippen molar-refractivity contribution >= 4 is 31.7 Å². The molecule has 1 saturated heterocycles. The van der Waals surface area contributed by atoms with Gasteiger partial charge in [0.15, 0.2) is 9.84 Å². The van der Waals surface area contributed by atoms with Crippen LogP contribution in [0.15, 0.2) is 22.7 Å². The van der Waals surface area contributed by atoms with Gasteiger partial charge in [-0.15, -0.1) is 0 Å². The quantitative estimate of drug-likeness (QED) is 0.827. The highest BCUT2D eigenvalue weighted by Crippen LogP contribution is 2.23. The molecule has 1 aromatic rings. The summed E-state index contributed by atoms with van der Waals surface area (Å²) in [6.07, 6.45) is 0.414. The van der Waals surface area contributed by atoms with E-state index in [1.54, 1.807) is 13.0 Å². The van der Waals surface area contributed by atoms with Gasteiger partial charge in [-0.05, 0) is 41.4 Å². The van der Waals surface area contributed by atoms with Gasteiger partial charge in [0.05, 0.1) is 21.5 Å². The van der Waals surface area contributed by atoms with Crippen molar-refractivity contribution in [1.82, 2.24) is 4.90 Å². The van der Waals surface area contributed by atoms with Crippen LogP contribution in [0.3, 0.4) is 0 Å². The zero-order valence-corrected chi connectivity index (χ0v) is 13.4. The minimum absolute atomic E-state index is 0.0366. The summed E-state index contributed by atoms with van der Waals surface area (Å²) in [5.74, 6) is -1.03. The van der Waals surface area contributed by atoms with Crippen LogP contribution in [-0.2, 0) is 9.84 Å².